The lowest BCUT2D eigenvalue weighted by atomic mass is 9.71. The van der Waals surface area contributed by atoms with Gasteiger partial charge in [-0.2, -0.15) is 0 Å². The third kappa shape index (κ3) is 4.00. The topological polar surface area (TPSA) is 81.0 Å². The first-order chi connectivity index (χ1) is 17.0. The minimum absolute atomic E-state index is 0.0877. The number of Topliss-reactive ketones (excluding diaryl/α,β-unsaturated/α-hetero) is 1. The van der Waals surface area contributed by atoms with Gasteiger partial charge in [-0.1, -0.05) is 18.2 Å². The summed E-state index contributed by atoms with van der Waals surface area (Å²) in [5.74, 6) is 1.23. The number of ether oxygens (including phenoxy) is 2. The highest BCUT2D eigenvalue weighted by atomic mass is 16.5. The molecule has 6 unspecified atom stereocenters. The zero-order valence-electron chi connectivity index (χ0n) is 20.0. The molecule has 1 aromatic heterocycles. The number of carbonyl (C=O) groups excluding carboxylic acids is 1. The molecule has 1 aliphatic carbocycles. The van der Waals surface area contributed by atoms with E-state index in [1.54, 1.807) is 19.4 Å². The Kier molecular flexibility index (Phi) is 5.77. The minimum atomic E-state index is -0.489. The van der Waals surface area contributed by atoms with Gasteiger partial charge in [-0.25, -0.2) is 0 Å². The van der Waals surface area contributed by atoms with Gasteiger partial charge in [0.1, 0.15) is 11.9 Å². The molecular formula is C28H32N2O5. The van der Waals surface area contributed by atoms with E-state index in [2.05, 4.69) is 11.0 Å². The fourth-order valence-electron chi connectivity index (χ4n) is 6.78. The Hall–Kier alpha value is -2.90. The molecule has 184 valence electrons. The lowest BCUT2D eigenvalue weighted by molar-refractivity contribution is -0.134. The number of aliphatic hydroxyl groups excluding tert-OH is 1. The molecule has 0 radical (unpaired) electrons. The van der Waals surface area contributed by atoms with Crippen LogP contribution in [0.5, 0.6) is 5.75 Å². The van der Waals surface area contributed by atoms with Crippen molar-refractivity contribution in [1.29, 1.82) is 0 Å². The fraction of sp³-hybridized carbons (Fsp3) is 0.500. The Morgan fingerprint density at radius 2 is 1.89 bits per heavy atom. The van der Waals surface area contributed by atoms with Crippen LogP contribution in [0.4, 0.5) is 0 Å². The number of fused-ring (bicyclic) bond motifs is 5. The van der Waals surface area contributed by atoms with E-state index in [0.717, 1.165) is 43.1 Å². The maximum Gasteiger partial charge on any atom is 0.250 e. The second-order valence-corrected chi connectivity index (χ2v) is 10.6. The standard InChI is InChI=1S/C28H32N2O5/c1-34-20-7-5-18(6-8-20)23-16-35-28-21(27(23)33)9-10-25(31)22(28)15-29-12-17-11-19(14-29)24-3-2-4-26(32)30(24)13-17/h2-8,16-17,19,21-22,25,28,31H,9-15H2,1H3. The second kappa shape index (κ2) is 8.95. The van der Waals surface area contributed by atoms with E-state index in [9.17, 15) is 14.7 Å². The van der Waals surface area contributed by atoms with Crippen molar-refractivity contribution in [2.75, 3.05) is 26.7 Å². The number of ketones is 1. The van der Waals surface area contributed by atoms with Gasteiger partial charge in [0, 0.05) is 49.8 Å². The highest BCUT2D eigenvalue weighted by molar-refractivity contribution is 6.22. The highest BCUT2D eigenvalue weighted by Crippen LogP contribution is 2.41. The number of nitrogens with zero attached hydrogens (tertiary/aromatic N) is 2. The summed E-state index contributed by atoms with van der Waals surface area (Å²) < 4.78 is 13.4. The van der Waals surface area contributed by atoms with Gasteiger partial charge in [0.2, 0.25) is 0 Å². The molecule has 2 bridgehead atoms. The number of aromatic nitrogens is 1. The van der Waals surface area contributed by atoms with Crippen molar-refractivity contribution in [3.8, 4) is 5.75 Å². The monoisotopic (exact) mass is 476 g/mol. The summed E-state index contributed by atoms with van der Waals surface area (Å²) in [6.45, 7) is 3.22. The van der Waals surface area contributed by atoms with Gasteiger partial charge in [0.15, 0.2) is 5.78 Å². The maximum atomic E-state index is 13.5. The van der Waals surface area contributed by atoms with Gasteiger partial charge in [0.05, 0.1) is 31.0 Å². The largest absolute Gasteiger partial charge is 0.497 e. The number of allylic oxidation sites excluding steroid dienone is 1. The summed E-state index contributed by atoms with van der Waals surface area (Å²) in [6, 6.07) is 13.0. The Labute approximate surface area is 205 Å². The predicted molar refractivity (Wildman–Crippen MR) is 131 cm³/mol. The molecule has 6 rings (SSSR count). The Morgan fingerprint density at radius 1 is 1.06 bits per heavy atom. The van der Waals surface area contributed by atoms with Crippen molar-refractivity contribution in [2.45, 2.75) is 43.9 Å². The zero-order valence-corrected chi connectivity index (χ0v) is 20.0. The molecule has 1 saturated carbocycles. The molecular weight excluding hydrogens is 444 g/mol. The van der Waals surface area contributed by atoms with Crippen LogP contribution < -0.4 is 10.3 Å². The normalized spacial score (nSPS) is 32.2. The SMILES string of the molecule is COc1ccc(C2=COC3C(CCC(O)C3CN3CC4CC(C3)c3cccc(=O)n3C4)C2=O)cc1. The molecule has 0 amide bonds. The number of piperidine rings is 1. The van der Waals surface area contributed by atoms with Gasteiger partial charge < -0.3 is 24.0 Å². The lowest BCUT2D eigenvalue weighted by Crippen LogP contribution is -2.54. The number of hydrogen-bond acceptors (Lipinski definition) is 6. The molecule has 7 nitrogen and oxygen atoms in total. The van der Waals surface area contributed by atoms with Crippen molar-refractivity contribution < 1.29 is 19.4 Å². The third-order valence-electron chi connectivity index (χ3n) is 8.46. The van der Waals surface area contributed by atoms with E-state index in [4.69, 9.17) is 9.47 Å². The van der Waals surface area contributed by atoms with Gasteiger partial charge in [-0.3, -0.25) is 9.59 Å². The maximum absolute atomic E-state index is 13.5. The van der Waals surface area contributed by atoms with Crippen LogP contribution in [0, 0.1) is 17.8 Å². The molecule has 2 fully saturated rings. The van der Waals surface area contributed by atoms with Crippen LogP contribution in [-0.2, 0) is 16.1 Å². The van der Waals surface area contributed by atoms with E-state index in [0.29, 0.717) is 36.8 Å². The zero-order chi connectivity index (χ0) is 24.1. The molecule has 4 heterocycles. The lowest BCUT2D eigenvalue weighted by Gasteiger charge is -2.47. The Bertz CT molecular complexity index is 1200. The van der Waals surface area contributed by atoms with Gasteiger partial charge in [0.25, 0.3) is 5.56 Å². The average Bonchev–Trinajstić information content (AvgIpc) is 2.87. The van der Waals surface area contributed by atoms with Crippen LogP contribution in [0.1, 0.15) is 36.4 Å². The van der Waals surface area contributed by atoms with Crippen LogP contribution >= 0.6 is 0 Å². The number of benzene rings is 1. The number of hydrogen-bond donors (Lipinski definition) is 1. The fourth-order valence-corrected chi connectivity index (χ4v) is 6.78. The molecule has 3 aliphatic heterocycles. The molecule has 0 spiro atoms. The van der Waals surface area contributed by atoms with E-state index < -0.39 is 6.10 Å². The van der Waals surface area contributed by atoms with Crippen molar-refractivity contribution in [2.24, 2.45) is 17.8 Å². The summed E-state index contributed by atoms with van der Waals surface area (Å²) in [6.07, 6.45) is 3.14. The van der Waals surface area contributed by atoms with Crippen LogP contribution in [0.3, 0.4) is 0 Å². The quantitative estimate of drug-likeness (QED) is 0.731. The first-order valence-corrected chi connectivity index (χ1v) is 12.7. The van der Waals surface area contributed by atoms with Crippen molar-refractivity contribution in [1.82, 2.24) is 9.47 Å². The van der Waals surface area contributed by atoms with Crippen molar-refractivity contribution in [3.05, 3.63) is 70.3 Å². The van der Waals surface area contributed by atoms with Crippen LogP contribution in [0.2, 0.25) is 0 Å². The first-order valence-electron chi connectivity index (χ1n) is 12.7. The number of aliphatic hydroxyl groups is 1. The summed E-state index contributed by atoms with van der Waals surface area (Å²) in [7, 11) is 1.62. The van der Waals surface area contributed by atoms with Gasteiger partial charge in [-0.05, 0) is 48.9 Å². The number of carbonyl (C=O) groups is 1. The van der Waals surface area contributed by atoms with Crippen molar-refractivity contribution in [3.63, 3.8) is 0 Å². The minimum Gasteiger partial charge on any atom is -0.497 e. The molecule has 4 aliphatic rings. The molecule has 6 atom stereocenters. The molecule has 7 heteroatoms. The van der Waals surface area contributed by atoms with Crippen molar-refractivity contribution >= 4 is 11.4 Å². The number of methoxy groups -OCH3 is 1. The summed E-state index contributed by atoms with van der Waals surface area (Å²) in [5, 5.41) is 11.0. The molecule has 1 aromatic carbocycles. The van der Waals surface area contributed by atoms with Crippen LogP contribution in [0.15, 0.2) is 53.5 Å². The second-order valence-electron chi connectivity index (χ2n) is 10.6. The molecule has 2 aromatic rings. The van der Waals surface area contributed by atoms with E-state index in [1.165, 1.54) is 0 Å². The Morgan fingerprint density at radius 3 is 2.69 bits per heavy atom. The number of likely N-dealkylation sites (tertiary alicyclic amines) is 1. The number of pyridine rings is 1. The van der Waals surface area contributed by atoms with E-state index in [-0.39, 0.29) is 29.3 Å². The highest BCUT2D eigenvalue weighted by Gasteiger charge is 2.47. The Balaban J connectivity index is 1.20. The molecule has 1 N–H and O–H groups in total. The summed E-state index contributed by atoms with van der Waals surface area (Å²) in [4.78, 5) is 28.2. The number of rotatable bonds is 4. The first kappa shape index (κ1) is 22.6. The predicted octanol–water partition coefficient (Wildman–Crippen LogP) is 2.67. The third-order valence-corrected chi connectivity index (χ3v) is 8.46. The van der Waals surface area contributed by atoms with Crippen LogP contribution in [0.25, 0.3) is 5.57 Å². The van der Waals surface area contributed by atoms with E-state index in [1.807, 2.05) is 34.9 Å². The molecule has 1 saturated heterocycles. The average molecular weight is 477 g/mol. The van der Waals surface area contributed by atoms with Crippen LogP contribution in [-0.4, -0.2) is 59.3 Å². The smallest absolute Gasteiger partial charge is 0.250 e. The summed E-state index contributed by atoms with van der Waals surface area (Å²) in [5.41, 5.74) is 2.63. The van der Waals surface area contributed by atoms with E-state index >= 15 is 0 Å². The van der Waals surface area contributed by atoms with Gasteiger partial charge >= 0.3 is 0 Å². The molecule has 35 heavy (non-hydrogen) atoms. The van der Waals surface area contributed by atoms with Gasteiger partial charge in [-0.15, -0.1) is 0 Å². The summed E-state index contributed by atoms with van der Waals surface area (Å²) >= 11 is 0.